The number of phenolic OH excluding ortho intramolecular Hbond substituents is 1. The van der Waals surface area contributed by atoms with Gasteiger partial charge in [0.25, 0.3) is 0 Å². The van der Waals surface area contributed by atoms with E-state index in [1.54, 1.807) is 41.9 Å². The molecule has 2 heterocycles. The lowest BCUT2D eigenvalue weighted by Gasteiger charge is -1.97. The molecule has 0 aliphatic carbocycles. The monoisotopic (exact) mass is 258 g/mol. The summed E-state index contributed by atoms with van der Waals surface area (Å²) in [6, 6.07) is 8.82. The van der Waals surface area contributed by atoms with Gasteiger partial charge in [0.15, 0.2) is 0 Å². The average molecular weight is 258 g/mol. The molecule has 0 atom stereocenters. The van der Waals surface area contributed by atoms with Crippen LogP contribution in [0.3, 0.4) is 0 Å². The first-order valence-electron chi connectivity index (χ1n) is 5.41. The lowest BCUT2D eigenvalue weighted by atomic mass is 10.2. The number of hydrogen-bond donors (Lipinski definition) is 1. The van der Waals surface area contributed by atoms with Crippen molar-refractivity contribution in [2.45, 2.75) is 6.92 Å². The first kappa shape index (κ1) is 11.0. The topological polar surface area (TPSA) is 58.1 Å². The van der Waals surface area contributed by atoms with E-state index in [1.165, 1.54) is 0 Å². The van der Waals surface area contributed by atoms with Crippen LogP contribution in [0.1, 0.15) is 4.88 Å². The largest absolute Gasteiger partial charge is 0.507 e. The fourth-order valence-corrected chi connectivity index (χ4v) is 2.71. The van der Waals surface area contributed by atoms with E-state index in [4.69, 9.17) is 4.42 Å². The Bertz CT molecular complexity index is 714. The zero-order valence-electron chi connectivity index (χ0n) is 9.62. The molecule has 1 N–H and O–H groups in total. The van der Waals surface area contributed by atoms with Crippen LogP contribution in [0.5, 0.6) is 5.75 Å². The number of aromatic hydroxyl groups is 1. The molecule has 0 aliphatic rings. The van der Waals surface area contributed by atoms with Gasteiger partial charge in [-0.2, -0.15) is 0 Å². The molecule has 0 fully saturated rings. The fourth-order valence-electron chi connectivity index (χ4n) is 1.73. The van der Waals surface area contributed by atoms with E-state index in [9.17, 15) is 5.11 Å². The molecule has 90 valence electrons. The van der Waals surface area contributed by atoms with Gasteiger partial charge in [-0.25, -0.2) is 0 Å². The van der Waals surface area contributed by atoms with Crippen LogP contribution in [-0.4, -0.2) is 5.11 Å². The third-order valence-electron chi connectivity index (χ3n) is 2.53. The van der Waals surface area contributed by atoms with Crippen molar-refractivity contribution in [1.82, 2.24) is 0 Å². The smallest absolute Gasteiger partial charge is 0.238 e. The van der Waals surface area contributed by atoms with Gasteiger partial charge in [-0.15, -0.1) is 21.6 Å². The number of fused-ring (bicyclic) bond motifs is 1. The van der Waals surface area contributed by atoms with E-state index < -0.39 is 0 Å². The second kappa shape index (κ2) is 4.27. The number of furan rings is 1. The molecule has 18 heavy (non-hydrogen) atoms. The van der Waals surface area contributed by atoms with Crippen molar-refractivity contribution in [3.8, 4) is 5.75 Å². The minimum atomic E-state index is 0.270. The summed E-state index contributed by atoms with van der Waals surface area (Å²) in [6.07, 6.45) is 1.55. The normalized spacial score (nSPS) is 11.6. The molecule has 0 spiro atoms. The van der Waals surface area contributed by atoms with Crippen LogP contribution in [0.25, 0.3) is 10.1 Å². The number of hydrogen-bond acceptors (Lipinski definition) is 5. The average Bonchev–Trinajstić information content (AvgIpc) is 2.97. The van der Waals surface area contributed by atoms with Crippen LogP contribution in [0.4, 0.5) is 11.6 Å². The summed E-state index contributed by atoms with van der Waals surface area (Å²) in [5.74, 6) is 0.732. The Morgan fingerprint density at radius 1 is 1.22 bits per heavy atom. The van der Waals surface area contributed by atoms with Crippen molar-refractivity contribution in [2.24, 2.45) is 10.2 Å². The fraction of sp³-hybridized carbons (Fsp3) is 0.0769. The van der Waals surface area contributed by atoms with E-state index >= 15 is 0 Å². The highest BCUT2D eigenvalue weighted by Gasteiger charge is 2.08. The second-order valence-electron chi connectivity index (χ2n) is 3.85. The highest BCUT2D eigenvalue weighted by Crippen LogP contribution is 2.39. The molecule has 2 aromatic heterocycles. The molecule has 0 saturated heterocycles. The SMILES string of the molecule is Cc1cc2c(O)ccc(/N=N/c3ccco3)c2s1. The Balaban J connectivity index is 2.09. The van der Waals surface area contributed by atoms with Crippen LogP contribution in [0.2, 0.25) is 0 Å². The third-order valence-corrected chi connectivity index (χ3v) is 3.60. The highest BCUT2D eigenvalue weighted by molar-refractivity contribution is 7.19. The number of rotatable bonds is 2. The Hall–Kier alpha value is -2.14. The van der Waals surface area contributed by atoms with Crippen LogP contribution < -0.4 is 0 Å². The van der Waals surface area contributed by atoms with Gasteiger partial charge in [0.05, 0.1) is 11.0 Å². The number of phenols is 1. The molecule has 4 nitrogen and oxygen atoms in total. The molecule has 0 radical (unpaired) electrons. The molecule has 0 saturated carbocycles. The summed E-state index contributed by atoms with van der Waals surface area (Å²) >= 11 is 1.59. The molecular weight excluding hydrogens is 248 g/mol. The van der Waals surface area contributed by atoms with E-state index in [0.717, 1.165) is 20.7 Å². The summed E-state index contributed by atoms with van der Waals surface area (Å²) < 4.78 is 6.02. The maximum atomic E-state index is 9.78. The van der Waals surface area contributed by atoms with Crippen molar-refractivity contribution in [1.29, 1.82) is 0 Å². The number of thiophene rings is 1. The molecule has 3 aromatic rings. The Morgan fingerprint density at radius 3 is 2.89 bits per heavy atom. The summed E-state index contributed by atoms with van der Waals surface area (Å²) in [6.45, 7) is 2.00. The van der Waals surface area contributed by atoms with Crippen LogP contribution in [-0.2, 0) is 0 Å². The van der Waals surface area contributed by atoms with Gasteiger partial charge >= 0.3 is 0 Å². The van der Waals surface area contributed by atoms with Crippen molar-refractivity contribution in [3.05, 3.63) is 41.5 Å². The number of benzene rings is 1. The van der Waals surface area contributed by atoms with E-state index in [1.807, 2.05) is 13.0 Å². The molecule has 0 aliphatic heterocycles. The number of aryl methyl sites for hydroxylation is 1. The lowest BCUT2D eigenvalue weighted by molar-refractivity contribution is 0.482. The van der Waals surface area contributed by atoms with E-state index in [0.29, 0.717) is 5.88 Å². The van der Waals surface area contributed by atoms with E-state index in [2.05, 4.69) is 10.2 Å². The van der Waals surface area contributed by atoms with Gasteiger partial charge in [-0.1, -0.05) is 0 Å². The minimum Gasteiger partial charge on any atom is -0.507 e. The maximum absolute atomic E-state index is 9.78. The standard InChI is InChI=1S/C13H10N2O2S/c1-8-7-9-11(16)5-4-10(13(9)18-8)14-15-12-3-2-6-17-12/h2-7,16H,1H3/b15-14+. The number of azo groups is 1. The van der Waals surface area contributed by atoms with Gasteiger partial charge in [-0.05, 0) is 31.2 Å². The molecule has 5 heteroatoms. The van der Waals surface area contributed by atoms with Gasteiger partial charge in [0.2, 0.25) is 5.88 Å². The third kappa shape index (κ3) is 1.89. The summed E-state index contributed by atoms with van der Waals surface area (Å²) in [5.41, 5.74) is 0.734. The molecule has 0 bridgehead atoms. The summed E-state index contributed by atoms with van der Waals surface area (Å²) in [5, 5.41) is 18.8. The number of nitrogens with zero attached hydrogens (tertiary/aromatic N) is 2. The first-order chi connectivity index (χ1) is 8.74. The van der Waals surface area contributed by atoms with Crippen molar-refractivity contribution in [2.75, 3.05) is 0 Å². The molecule has 0 unspecified atom stereocenters. The molecule has 3 rings (SSSR count). The van der Waals surface area contributed by atoms with Gasteiger partial charge in [-0.3, -0.25) is 0 Å². The van der Waals surface area contributed by atoms with Crippen molar-refractivity contribution < 1.29 is 9.52 Å². The van der Waals surface area contributed by atoms with Crippen molar-refractivity contribution >= 4 is 33.0 Å². The zero-order valence-corrected chi connectivity index (χ0v) is 10.4. The lowest BCUT2D eigenvalue weighted by Crippen LogP contribution is -1.68. The van der Waals surface area contributed by atoms with Gasteiger partial charge in [0, 0.05) is 16.3 Å². The maximum Gasteiger partial charge on any atom is 0.238 e. The van der Waals surface area contributed by atoms with Crippen LogP contribution >= 0.6 is 11.3 Å². The Morgan fingerprint density at radius 2 is 2.11 bits per heavy atom. The summed E-state index contributed by atoms with van der Waals surface area (Å²) in [7, 11) is 0. The predicted octanol–water partition coefficient (Wildman–Crippen LogP) is 4.92. The first-order valence-corrected chi connectivity index (χ1v) is 6.23. The van der Waals surface area contributed by atoms with E-state index in [-0.39, 0.29) is 5.75 Å². The van der Waals surface area contributed by atoms with Gasteiger partial charge < -0.3 is 9.52 Å². The van der Waals surface area contributed by atoms with Crippen LogP contribution in [0.15, 0.2) is 51.2 Å². The second-order valence-corrected chi connectivity index (χ2v) is 5.11. The highest BCUT2D eigenvalue weighted by atomic mass is 32.1. The zero-order chi connectivity index (χ0) is 12.5. The Kier molecular flexibility index (Phi) is 2.60. The quantitative estimate of drug-likeness (QED) is 0.663. The van der Waals surface area contributed by atoms with Crippen molar-refractivity contribution in [3.63, 3.8) is 0 Å². The molecular formula is C13H10N2O2S. The van der Waals surface area contributed by atoms with Crippen LogP contribution in [0, 0.1) is 6.92 Å². The molecule has 1 aromatic carbocycles. The summed E-state index contributed by atoms with van der Waals surface area (Å²) in [4.78, 5) is 1.13. The Labute approximate surface area is 107 Å². The van der Waals surface area contributed by atoms with Gasteiger partial charge in [0.1, 0.15) is 11.4 Å². The molecule has 0 amide bonds. The predicted molar refractivity (Wildman–Crippen MR) is 71.1 cm³/mol. The minimum absolute atomic E-state index is 0.270.